The highest BCUT2D eigenvalue weighted by atomic mass is 16.5. The molecule has 0 atom stereocenters. The van der Waals surface area contributed by atoms with E-state index in [2.05, 4.69) is 84.2 Å². The van der Waals surface area contributed by atoms with Crippen molar-refractivity contribution in [3.8, 4) is 11.5 Å². The van der Waals surface area contributed by atoms with Crippen LogP contribution >= 0.6 is 0 Å². The van der Waals surface area contributed by atoms with E-state index in [1.54, 1.807) is 7.11 Å². The number of rotatable bonds is 10. The summed E-state index contributed by atoms with van der Waals surface area (Å²) in [4.78, 5) is 4.71. The van der Waals surface area contributed by atoms with Gasteiger partial charge in [0.1, 0.15) is 11.5 Å². The molecule has 1 aliphatic rings. The zero-order chi connectivity index (χ0) is 25.3. The lowest BCUT2D eigenvalue weighted by molar-refractivity contribution is 0.311. The summed E-state index contributed by atoms with van der Waals surface area (Å²) in [5, 5.41) is 3.64. The molecule has 0 bridgehead atoms. The van der Waals surface area contributed by atoms with E-state index in [0.29, 0.717) is 6.61 Å². The number of hydrogen-bond acceptors (Lipinski definition) is 4. The smallest absolute Gasteiger partial charge is 0.119 e. The molecule has 4 heteroatoms. The Balaban J connectivity index is 1.28. The number of methoxy groups -OCH3 is 1. The van der Waals surface area contributed by atoms with Crippen molar-refractivity contribution in [2.45, 2.75) is 38.6 Å². The Bertz CT molecular complexity index is 1330. The van der Waals surface area contributed by atoms with Crippen LogP contribution in [0.5, 0.6) is 11.5 Å². The zero-order valence-corrected chi connectivity index (χ0v) is 21.5. The molecular formula is C33H34N2O2. The minimum Gasteiger partial charge on any atom is -0.497 e. The maximum Gasteiger partial charge on any atom is 0.119 e. The second-order valence-electron chi connectivity index (χ2n) is 9.41. The summed E-state index contributed by atoms with van der Waals surface area (Å²) < 4.78 is 11.4. The second kappa shape index (κ2) is 12.3. The van der Waals surface area contributed by atoms with Gasteiger partial charge in [0, 0.05) is 29.7 Å². The van der Waals surface area contributed by atoms with Crippen molar-refractivity contribution < 1.29 is 9.47 Å². The highest BCUT2D eigenvalue weighted by Gasteiger charge is 2.15. The minimum atomic E-state index is 0.712. The molecule has 37 heavy (non-hydrogen) atoms. The van der Waals surface area contributed by atoms with Crippen molar-refractivity contribution in [1.29, 1.82) is 0 Å². The third kappa shape index (κ3) is 6.59. The molecule has 0 fully saturated rings. The summed E-state index contributed by atoms with van der Waals surface area (Å²) in [7, 11) is 1.69. The SMILES string of the molecule is COc1ccc(CNc2ccnc3c2C=C(c2cccc(OCCCc4ccccc4)c2)CCC3)cc1. The zero-order valence-electron chi connectivity index (χ0n) is 21.5. The average molecular weight is 491 g/mol. The Morgan fingerprint density at radius 1 is 0.838 bits per heavy atom. The quantitative estimate of drug-likeness (QED) is 0.233. The maximum atomic E-state index is 6.13. The first kappa shape index (κ1) is 24.6. The number of ether oxygens (including phenoxy) is 2. The van der Waals surface area contributed by atoms with Crippen LogP contribution in [0.2, 0.25) is 0 Å². The van der Waals surface area contributed by atoms with Gasteiger partial charge in [0.25, 0.3) is 0 Å². The molecule has 0 amide bonds. The molecule has 4 aromatic rings. The Hall–Kier alpha value is -4.05. The van der Waals surface area contributed by atoms with E-state index in [1.807, 2.05) is 18.3 Å². The van der Waals surface area contributed by atoms with Crippen molar-refractivity contribution in [2.75, 3.05) is 19.0 Å². The summed E-state index contributed by atoms with van der Waals surface area (Å²) in [6, 6.07) is 29.4. The average Bonchev–Trinajstić information content (AvgIpc) is 3.18. The Kier molecular flexibility index (Phi) is 8.17. The summed E-state index contributed by atoms with van der Waals surface area (Å²) in [5.41, 5.74) is 8.58. The Morgan fingerprint density at radius 3 is 2.54 bits per heavy atom. The number of aryl methyl sites for hydroxylation is 2. The fraction of sp³-hybridized carbons (Fsp3) is 0.242. The molecule has 1 aliphatic carbocycles. The molecule has 188 valence electrons. The number of hydrogen-bond donors (Lipinski definition) is 1. The van der Waals surface area contributed by atoms with Gasteiger partial charge in [0.15, 0.2) is 0 Å². The van der Waals surface area contributed by atoms with Crippen molar-refractivity contribution in [2.24, 2.45) is 0 Å². The fourth-order valence-corrected chi connectivity index (χ4v) is 4.79. The van der Waals surface area contributed by atoms with Crippen LogP contribution in [0.3, 0.4) is 0 Å². The van der Waals surface area contributed by atoms with E-state index < -0.39 is 0 Å². The lowest BCUT2D eigenvalue weighted by Crippen LogP contribution is -2.04. The Labute approximate surface area is 220 Å². The number of fused-ring (bicyclic) bond motifs is 1. The van der Waals surface area contributed by atoms with Gasteiger partial charge in [-0.3, -0.25) is 4.98 Å². The van der Waals surface area contributed by atoms with E-state index in [4.69, 9.17) is 14.5 Å². The number of anilines is 1. The standard InChI is InChI=1S/C33H34N2O2/c1-36-29-17-15-26(16-18-29)24-35-33-19-20-34-32-14-6-12-28(23-31(32)33)27-11-5-13-30(22-27)37-21-7-10-25-8-3-2-4-9-25/h2-5,8-9,11,13,15-20,22-23H,6-7,10,12,14,21,24H2,1H3,(H,34,35). The number of benzene rings is 3. The highest BCUT2D eigenvalue weighted by molar-refractivity contribution is 5.87. The van der Waals surface area contributed by atoms with Gasteiger partial charge in [-0.2, -0.15) is 0 Å². The monoisotopic (exact) mass is 490 g/mol. The normalized spacial score (nSPS) is 12.7. The fourth-order valence-electron chi connectivity index (χ4n) is 4.79. The van der Waals surface area contributed by atoms with Gasteiger partial charge in [0.05, 0.1) is 13.7 Å². The van der Waals surface area contributed by atoms with Crippen LogP contribution in [0.4, 0.5) is 5.69 Å². The number of allylic oxidation sites excluding steroid dienone is 1. The number of aromatic nitrogens is 1. The number of nitrogens with one attached hydrogen (secondary N) is 1. The van der Waals surface area contributed by atoms with Crippen molar-refractivity contribution in [3.63, 3.8) is 0 Å². The van der Waals surface area contributed by atoms with E-state index in [1.165, 1.54) is 27.8 Å². The van der Waals surface area contributed by atoms with Crippen LogP contribution < -0.4 is 14.8 Å². The topological polar surface area (TPSA) is 43.4 Å². The van der Waals surface area contributed by atoms with Gasteiger partial charge in [-0.1, -0.05) is 54.6 Å². The number of pyridine rings is 1. The molecule has 0 spiro atoms. The van der Waals surface area contributed by atoms with Gasteiger partial charge in [-0.25, -0.2) is 0 Å². The highest BCUT2D eigenvalue weighted by Crippen LogP contribution is 2.33. The van der Waals surface area contributed by atoms with Gasteiger partial charge >= 0.3 is 0 Å². The lowest BCUT2D eigenvalue weighted by Gasteiger charge is -2.13. The Morgan fingerprint density at radius 2 is 1.70 bits per heavy atom. The molecule has 0 saturated carbocycles. The molecule has 0 aliphatic heterocycles. The van der Waals surface area contributed by atoms with Crippen molar-refractivity contribution in [1.82, 2.24) is 4.98 Å². The van der Waals surface area contributed by atoms with Crippen LogP contribution in [0.25, 0.3) is 11.6 Å². The van der Waals surface area contributed by atoms with Crippen LogP contribution in [-0.2, 0) is 19.4 Å². The maximum absolute atomic E-state index is 6.13. The molecule has 5 rings (SSSR count). The summed E-state index contributed by atoms with van der Waals surface area (Å²) >= 11 is 0. The first-order chi connectivity index (χ1) is 18.3. The molecule has 0 radical (unpaired) electrons. The third-order valence-electron chi connectivity index (χ3n) is 6.82. The molecule has 1 heterocycles. The van der Waals surface area contributed by atoms with E-state index in [0.717, 1.165) is 61.5 Å². The van der Waals surface area contributed by atoms with Crippen LogP contribution in [0.1, 0.15) is 47.2 Å². The van der Waals surface area contributed by atoms with Crippen LogP contribution in [-0.4, -0.2) is 18.7 Å². The molecule has 1 aromatic heterocycles. The molecule has 0 saturated heterocycles. The van der Waals surface area contributed by atoms with Crippen LogP contribution in [0, 0.1) is 0 Å². The molecule has 1 N–H and O–H groups in total. The van der Waals surface area contributed by atoms with Gasteiger partial charge < -0.3 is 14.8 Å². The van der Waals surface area contributed by atoms with Crippen molar-refractivity contribution >= 4 is 17.3 Å². The first-order valence-electron chi connectivity index (χ1n) is 13.1. The second-order valence-corrected chi connectivity index (χ2v) is 9.41. The van der Waals surface area contributed by atoms with Crippen LogP contribution in [0.15, 0.2) is 91.1 Å². The molecular weight excluding hydrogens is 456 g/mol. The minimum absolute atomic E-state index is 0.712. The van der Waals surface area contributed by atoms with E-state index >= 15 is 0 Å². The first-order valence-corrected chi connectivity index (χ1v) is 13.1. The largest absolute Gasteiger partial charge is 0.497 e. The van der Waals surface area contributed by atoms with E-state index in [9.17, 15) is 0 Å². The number of nitrogens with zero attached hydrogens (tertiary/aromatic N) is 1. The van der Waals surface area contributed by atoms with E-state index in [-0.39, 0.29) is 0 Å². The van der Waals surface area contributed by atoms with Gasteiger partial charge in [0.2, 0.25) is 0 Å². The van der Waals surface area contributed by atoms with Gasteiger partial charge in [-0.05, 0) is 90.8 Å². The molecule has 4 nitrogen and oxygen atoms in total. The third-order valence-corrected chi connectivity index (χ3v) is 6.82. The van der Waals surface area contributed by atoms with Gasteiger partial charge in [-0.15, -0.1) is 0 Å². The summed E-state index contributed by atoms with van der Waals surface area (Å²) in [6.45, 7) is 1.46. The molecule has 0 unspecified atom stereocenters. The summed E-state index contributed by atoms with van der Waals surface area (Å²) in [5.74, 6) is 1.80. The molecule has 3 aromatic carbocycles. The lowest BCUT2D eigenvalue weighted by atomic mass is 10.00. The predicted octanol–water partition coefficient (Wildman–Crippen LogP) is 7.59. The predicted molar refractivity (Wildman–Crippen MR) is 152 cm³/mol. The summed E-state index contributed by atoms with van der Waals surface area (Å²) in [6.07, 6.45) is 9.34. The van der Waals surface area contributed by atoms with Crippen molar-refractivity contribution in [3.05, 3.63) is 119 Å².